The van der Waals surface area contributed by atoms with Crippen LogP contribution in [0, 0.1) is 13.8 Å². The standard InChI is InChI=1S/C20H20N2O2S/c1-5-10-22-16-11-13(2)14(3)12-18(16)25-20(22)21-19(23)15-8-6-7-9-17(15)24-4/h5-9,11-12H,1,10H2,2-4H3. The normalized spacial score (nSPS) is 11.7. The van der Waals surface area contributed by atoms with E-state index in [0.29, 0.717) is 22.7 Å². The van der Waals surface area contributed by atoms with E-state index in [1.165, 1.54) is 22.5 Å². The zero-order valence-electron chi connectivity index (χ0n) is 14.6. The van der Waals surface area contributed by atoms with Gasteiger partial charge in [0.05, 0.1) is 22.9 Å². The molecule has 0 N–H and O–H groups in total. The lowest BCUT2D eigenvalue weighted by molar-refractivity contribution is 0.0995. The zero-order valence-corrected chi connectivity index (χ0v) is 15.4. The topological polar surface area (TPSA) is 43.6 Å². The molecule has 0 unspecified atom stereocenters. The van der Waals surface area contributed by atoms with Crippen molar-refractivity contribution in [1.82, 2.24) is 4.57 Å². The van der Waals surface area contributed by atoms with Crippen molar-refractivity contribution >= 4 is 27.5 Å². The largest absolute Gasteiger partial charge is 0.496 e. The molecule has 0 spiro atoms. The number of hydrogen-bond donors (Lipinski definition) is 0. The quantitative estimate of drug-likeness (QED) is 0.659. The van der Waals surface area contributed by atoms with Crippen molar-refractivity contribution in [2.24, 2.45) is 4.99 Å². The van der Waals surface area contributed by atoms with E-state index in [2.05, 4.69) is 37.6 Å². The molecule has 0 saturated carbocycles. The van der Waals surface area contributed by atoms with E-state index in [-0.39, 0.29) is 5.91 Å². The molecule has 0 atom stereocenters. The van der Waals surface area contributed by atoms with Crippen LogP contribution >= 0.6 is 11.3 Å². The highest BCUT2D eigenvalue weighted by Gasteiger charge is 2.13. The Morgan fingerprint density at radius 2 is 2.00 bits per heavy atom. The number of carbonyl (C=O) groups excluding carboxylic acids is 1. The molecule has 128 valence electrons. The van der Waals surface area contributed by atoms with E-state index in [9.17, 15) is 4.79 Å². The van der Waals surface area contributed by atoms with Gasteiger partial charge < -0.3 is 9.30 Å². The Hall–Kier alpha value is -2.66. The first-order chi connectivity index (χ1) is 12.0. The maximum absolute atomic E-state index is 12.7. The molecular formula is C20H20N2O2S. The molecule has 25 heavy (non-hydrogen) atoms. The van der Waals surface area contributed by atoms with Crippen molar-refractivity contribution in [3.63, 3.8) is 0 Å². The third-order valence-corrected chi connectivity index (χ3v) is 5.19. The molecule has 1 aromatic heterocycles. The number of allylic oxidation sites excluding steroid dienone is 1. The molecule has 0 bridgehead atoms. The Morgan fingerprint density at radius 1 is 1.28 bits per heavy atom. The fourth-order valence-corrected chi connectivity index (χ4v) is 3.80. The average molecular weight is 352 g/mol. The summed E-state index contributed by atoms with van der Waals surface area (Å²) in [4.78, 5) is 17.7. The predicted octanol–water partition coefficient (Wildman–Crippen LogP) is 4.26. The SMILES string of the molecule is C=CCn1c(=NC(=O)c2ccccc2OC)sc2cc(C)c(C)cc21. The van der Waals surface area contributed by atoms with Gasteiger partial charge in [-0.05, 0) is 49.2 Å². The number of hydrogen-bond acceptors (Lipinski definition) is 3. The van der Waals surface area contributed by atoms with Gasteiger partial charge in [0, 0.05) is 6.54 Å². The van der Waals surface area contributed by atoms with Crippen LogP contribution in [0.5, 0.6) is 5.75 Å². The van der Waals surface area contributed by atoms with E-state index in [0.717, 1.165) is 10.2 Å². The Labute approximate surface area is 150 Å². The van der Waals surface area contributed by atoms with Gasteiger partial charge in [0.1, 0.15) is 5.75 Å². The van der Waals surface area contributed by atoms with E-state index in [1.54, 1.807) is 25.3 Å². The summed E-state index contributed by atoms with van der Waals surface area (Å²) in [7, 11) is 1.55. The molecule has 0 aliphatic rings. The van der Waals surface area contributed by atoms with Crippen LogP contribution in [-0.2, 0) is 6.54 Å². The monoisotopic (exact) mass is 352 g/mol. The van der Waals surface area contributed by atoms with Crippen molar-refractivity contribution in [2.75, 3.05) is 7.11 Å². The van der Waals surface area contributed by atoms with Gasteiger partial charge in [-0.15, -0.1) is 6.58 Å². The van der Waals surface area contributed by atoms with Crippen LogP contribution in [0.15, 0.2) is 54.0 Å². The number of methoxy groups -OCH3 is 1. The number of thiazole rings is 1. The third kappa shape index (κ3) is 3.28. The molecule has 1 amide bonds. The number of benzene rings is 2. The molecule has 0 saturated heterocycles. The average Bonchev–Trinajstić information content (AvgIpc) is 2.92. The number of nitrogens with zero attached hydrogens (tertiary/aromatic N) is 2. The molecular weight excluding hydrogens is 332 g/mol. The molecule has 0 aliphatic carbocycles. The fourth-order valence-electron chi connectivity index (χ4n) is 2.68. The summed E-state index contributed by atoms with van der Waals surface area (Å²) < 4.78 is 8.40. The number of carbonyl (C=O) groups is 1. The lowest BCUT2D eigenvalue weighted by Crippen LogP contribution is -2.16. The van der Waals surface area contributed by atoms with Gasteiger partial charge in [-0.1, -0.05) is 29.5 Å². The van der Waals surface area contributed by atoms with Crippen LogP contribution < -0.4 is 9.54 Å². The van der Waals surface area contributed by atoms with Crippen LogP contribution in [0.2, 0.25) is 0 Å². The smallest absolute Gasteiger partial charge is 0.283 e. The first-order valence-electron chi connectivity index (χ1n) is 7.98. The van der Waals surface area contributed by atoms with Gasteiger partial charge in [-0.3, -0.25) is 4.79 Å². The number of ether oxygens (including phenoxy) is 1. The van der Waals surface area contributed by atoms with E-state index in [4.69, 9.17) is 4.74 Å². The first kappa shape index (κ1) is 17.2. The Morgan fingerprint density at radius 3 is 2.72 bits per heavy atom. The van der Waals surface area contributed by atoms with Gasteiger partial charge in [0.2, 0.25) is 0 Å². The van der Waals surface area contributed by atoms with Gasteiger partial charge in [-0.25, -0.2) is 0 Å². The predicted molar refractivity (Wildman–Crippen MR) is 102 cm³/mol. The molecule has 1 heterocycles. The van der Waals surface area contributed by atoms with Crippen LogP contribution in [0.3, 0.4) is 0 Å². The minimum Gasteiger partial charge on any atom is -0.496 e. The summed E-state index contributed by atoms with van der Waals surface area (Å²) in [6.45, 7) is 8.59. The summed E-state index contributed by atoms with van der Waals surface area (Å²) in [5.41, 5.74) is 3.97. The van der Waals surface area contributed by atoms with Crippen molar-refractivity contribution in [3.05, 3.63) is 70.5 Å². The second-order valence-corrected chi connectivity index (χ2v) is 6.81. The number of aryl methyl sites for hydroxylation is 2. The highest BCUT2D eigenvalue weighted by molar-refractivity contribution is 7.16. The molecule has 3 rings (SSSR count). The highest BCUT2D eigenvalue weighted by atomic mass is 32.1. The molecule has 0 radical (unpaired) electrons. The number of aromatic nitrogens is 1. The summed E-state index contributed by atoms with van der Waals surface area (Å²) in [6, 6.07) is 11.4. The van der Waals surface area contributed by atoms with Crippen molar-refractivity contribution in [3.8, 4) is 5.75 Å². The number of fused-ring (bicyclic) bond motifs is 1. The number of para-hydroxylation sites is 1. The zero-order chi connectivity index (χ0) is 18.0. The number of amides is 1. The van der Waals surface area contributed by atoms with Crippen LogP contribution in [0.25, 0.3) is 10.2 Å². The second kappa shape index (κ2) is 7.07. The summed E-state index contributed by atoms with van der Waals surface area (Å²) in [6.07, 6.45) is 1.81. The van der Waals surface area contributed by atoms with Crippen molar-refractivity contribution in [1.29, 1.82) is 0 Å². The van der Waals surface area contributed by atoms with Gasteiger partial charge >= 0.3 is 0 Å². The minimum absolute atomic E-state index is 0.310. The van der Waals surface area contributed by atoms with Crippen LogP contribution in [0.4, 0.5) is 0 Å². The fraction of sp³-hybridized carbons (Fsp3) is 0.200. The maximum atomic E-state index is 12.7. The summed E-state index contributed by atoms with van der Waals surface area (Å²) in [5, 5.41) is 0. The van der Waals surface area contributed by atoms with Crippen molar-refractivity contribution in [2.45, 2.75) is 20.4 Å². The lowest BCUT2D eigenvalue weighted by Gasteiger charge is -2.05. The Balaban J connectivity index is 2.20. The van der Waals surface area contributed by atoms with Gasteiger partial charge in [0.25, 0.3) is 5.91 Å². The van der Waals surface area contributed by atoms with Crippen LogP contribution in [-0.4, -0.2) is 17.6 Å². The van der Waals surface area contributed by atoms with Crippen LogP contribution in [0.1, 0.15) is 21.5 Å². The Kier molecular flexibility index (Phi) is 4.86. The van der Waals surface area contributed by atoms with E-state index in [1.807, 2.05) is 16.7 Å². The van der Waals surface area contributed by atoms with E-state index < -0.39 is 0 Å². The van der Waals surface area contributed by atoms with Gasteiger partial charge in [0.15, 0.2) is 4.80 Å². The maximum Gasteiger partial charge on any atom is 0.283 e. The molecule has 2 aromatic carbocycles. The minimum atomic E-state index is -0.310. The molecule has 0 fully saturated rings. The lowest BCUT2D eigenvalue weighted by atomic mass is 10.1. The Bertz CT molecular complexity index is 1030. The second-order valence-electron chi connectivity index (χ2n) is 5.81. The summed E-state index contributed by atoms with van der Waals surface area (Å²) in [5.74, 6) is 0.217. The molecule has 3 aromatic rings. The number of rotatable bonds is 4. The summed E-state index contributed by atoms with van der Waals surface area (Å²) >= 11 is 1.51. The highest BCUT2D eigenvalue weighted by Crippen LogP contribution is 2.23. The molecule has 4 nitrogen and oxygen atoms in total. The molecule has 5 heteroatoms. The molecule has 0 aliphatic heterocycles. The third-order valence-electron chi connectivity index (χ3n) is 4.14. The van der Waals surface area contributed by atoms with Gasteiger partial charge in [-0.2, -0.15) is 4.99 Å². The van der Waals surface area contributed by atoms with E-state index >= 15 is 0 Å². The first-order valence-corrected chi connectivity index (χ1v) is 8.80. The van der Waals surface area contributed by atoms with Crippen molar-refractivity contribution < 1.29 is 9.53 Å².